The van der Waals surface area contributed by atoms with Gasteiger partial charge in [-0.15, -0.1) is 11.3 Å². The lowest BCUT2D eigenvalue weighted by Crippen LogP contribution is -2.12. The topological polar surface area (TPSA) is 92.4 Å². The van der Waals surface area contributed by atoms with E-state index in [9.17, 15) is 9.59 Å². The number of hydrogen-bond donors (Lipinski definition) is 2. The average molecular weight is 280 g/mol. The Balaban J connectivity index is 1.97. The van der Waals surface area contributed by atoms with Gasteiger partial charge in [0.05, 0.1) is 6.42 Å². The van der Waals surface area contributed by atoms with Gasteiger partial charge < -0.3 is 14.8 Å². The Hall–Kier alpha value is -2.15. The molecule has 2 aromatic heterocycles. The van der Waals surface area contributed by atoms with E-state index in [0.717, 1.165) is 5.76 Å². The van der Waals surface area contributed by atoms with Gasteiger partial charge in [-0.2, -0.15) is 0 Å². The number of carbonyl (C=O) groups excluding carboxylic acids is 1. The van der Waals surface area contributed by atoms with E-state index in [0.29, 0.717) is 16.6 Å². The first-order chi connectivity index (χ1) is 9.04. The molecule has 0 atom stereocenters. The van der Waals surface area contributed by atoms with Gasteiger partial charge in [0.25, 0.3) is 0 Å². The van der Waals surface area contributed by atoms with Crippen LogP contribution < -0.4 is 5.32 Å². The molecule has 2 N–H and O–H groups in total. The van der Waals surface area contributed by atoms with E-state index in [1.54, 1.807) is 11.4 Å². The summed E-state index contributed by atoms with van der Waals surface area (Å²) in [6.45, 7) is 1.84. The molecule has 0 saturated heterocycles. The van der Waals surface area contributed by atoms with Crippen molar-refractivity contribution >= 4 is 28.3 Å². The van der Waals surface area contributed by atoms with Gasteiger partial charge in [0.1, 0.15) is 11.5 Å². The van der Waals surface area contributed by atoms with Crippen LogP contribution in [0.3, 0.4) is 0 Å². The highest BCUT2D eigenvalue weighted by molar-refractivity contribution is 7.14. The van der Waals surface area contributed by atoms with E-state index < -0.39 is 5.97 Å². The lowest BCUT2D eigenvalue weighted by atomic mass is 10.3. The number of carboxylic acid groups (broad SMARTS) is 1. The lowest BCUT2D eigenvalue weighted by molar-refractivity contribution is -0.138. The molecule has 0 radical (unpaired) electrons. The van der Waals surface area contributed by atoms with Gasteiger partial charge in [-0.25, -0.2) is 4.98 Å². The van der Waals surface area contributed by atoms with Crippen LogP contribution in [0, 0.1) is 6.92 Å². The van der Waals surface area contributed by atoms with Crippen molar-refractivity contribution in [3.8, 4) is 11.5 Å². The van der Waals surface area contributed by atoms with Gasteiger partial charge in [-0.3, -0.25) is 9.59 Å². The minimum absolute atomic E-state index is 0.0654. The zero-order valence-electron chi connectivity index (χ0n) is 10.2. The molecule has 0 aliphatic carbocycles. The Morgan fingerprint density at radius 3 is 2.84 bits per heavy atom. The van der Waals surface area contributed by atoms with Crippen molar-refractivity contribution in [2.45, 2.75) is 19.8 Å². The van der Waals surface area contributed by atoms with E-state index in [1.807, 2.05) is 13.0 Å². The smallest absolute Gasteiger partial charge is 0.303 e. The number of aryl methyl sites for hydroxylation is 1. The third-order valence-corrected chi connectivity index (χ3v) is 3.07. The van der Waals surface area contributed by atoms with Gasteiger partial charge in [-0.1, -0.05) is 0 Å². The van der Waals surface area contributed by atoms with Gasteiger partial charge >= 0.3 is 5.97 Å². The van der Waals surface area contributed by atoms with Crippen LogP contribution in [0.4, 0.5) is 5.13 Å². The van der Waals surface area contributed by atoms with Crippen molar-refractivity contribution in [2.24, 2.45) is 0 Å². The number of carboxylic acids is 1. The normalized spacial score (nSPS) is 10.4. The van der Waals surface area contributed by atoms with Crippen molar-refractivity contribution in [3.63, 3.8) is 0 Å². The lowest BCUT2D eigenvalue weighted by Gasteiger charge is -1.98. The van der Waals surface area contributed by atoms with E-state index in [4.69, 9.17) is 9.52 Å². The van der Waals surface area contributed by atoms with Crippen molar-refractivity contribution < 1.29 is 19.1 Å². The summed E-state index contributed by atoms with van der Waals surface area (Å²) in [5.74, 6) is 0.0646. The van der Waals surface area contributed by atoms with E-state index >= 15 is 0 Å². The first-order valence-corrected chi connectivity index (χ1v) is 6.46. The Labute approximate surface area is 113 Å². The standard InChI is InChI=1S/C12H12N2O4S/c1-7-2-3-9(18-7)8-6-19-12(13-8)14-10(15)4-5-11(16)17/h2-3,6H,4-5H2,1H3,(H,16,17)(H,13,14,15). The summed E-state index contributed by atoms with van der Waals surface area (Å²) >= 11 is 1.27. The van der Waals surface area contributed by atoms with E-state index in [2.05, 4.69) is 10.3 Å². The SMILES string of the molecule is Cc1ccc(-c2csc(NC(=O)CCC(=O)O)n2)o1. The van der Waals surface area contributed by atoms with Gasteiger partial charge in [0.15, 0.2) is 10.9 Å². The minimum atomic E-state index is -0.999. The number of carbonyl (C=O) groups is 2. The molecule has 1 amide bonds. The van der Waals surface area contributed by atoms with Crippen LogP contribution in [0.2, 0.25) is 0 Å². The summed E-state index contributed by atoms with van der Waals surface area (Å²) in [6, 6.07) is 3.64. The summed E-state index contributed by atoms with van der Waals surface area (Å²) in [6.07, 6.45) is -0.258. The number of aliphatic carboxylic acids is 1. The maximum Gasteiger partial charge on any atom is 0.303 e. The summed E-state index contributed by atoms with van der Waals surface area (Å²) in [5.41, 5.74) is 0.645. The summed E-state index contributed by atoms with van der Waals surface area (Å²) in [4.78, 5) is 26.0. The highest BCUT2D eigenvalue weighted by atomic mass is 32.1. The summed E-state index contributed by atoms with van der Waals surface area (Å²) in [5, 5.41) is 13.2. The number of anilines is 1. The van der Waals surface area contributed by atoms with Crippen molar-refractivity contribution in [3.05, 3.63) is 23.3 Å². The molecule has 0 spiro atoms. The van der Waals surface area contributed by atoms with Gasteiger partial charge in [0, 0.05) is 11.8 Å². The molecule has 100 valence electrons. The van der Waals surface area contributed by atoms with Gasteiger partial charge in [-0.05, 0) is 19.1 Å². The van der Waals surface area contributed by atoms with Crippen LogP contribution in [0.5, 0.6) is 0 Å². The molecule has 19 heavy (non-hydrogen) atoms. The van der Waals surface area contributed by atoms with E-state index in [-0.39, 0.29) is 18.7 Å². The maximum absolute atomic E-state index is 11.4. The van der Waals surface area contributed by atoms with Crippen LogP contribution in [0.1, 0.15) is 18.6 Å². The monoisotopic (exact) mass is 280 g/mol. The third-order valence-electron chi connectivity index (χ3n) is 2.31. The quantitative estimate of drug-likeness (QED) is 0.877. The molecule has 0 unspecified atom stereocenters. The number of hydrogen-bond acceptors (Lipinski definition) is 5. The Morgan fingerprint density at radius 2 is 2.21 bits per heavy atom. The number of aromatic nitrogens is 1. The zero-order chi connectivity index (χ0) is 13.8. The maximum atomic E-state index is 11.4. The summed E-state index contributed by atoms with van der Waals surface area (Å²) < 4.78 is 5.42. The fourth-order valence-corrected chi connectivity index (χ4v) is 2.13. The molecular formula is C12H12N2O4S. The second-order valence-corrected chi connectivity index (χ2v) is 4.75. The van der Waals surface area contributed by atoms with Crippen LogP contribution in [-0.4, -0.2) is 22.0 Å². The predicted molar refractivity (Wildman–Crippen MR) is 70.1 cm³/mol. The first kappa shape index (κ1) is 13.3. The summed E-state index contributed by atoms with van der Waals surface area (Å²) in [7, 11) is 0. The Kier molecular flexibility index (Phi) is 3.96. The second kappa shape index (κ2) is 5.66. The number of rotatable bonds is 5. The molecule has 0 fully saturated rings. The molecule has 0 aliphatic heterocycles. The molecule has 2 aromatic rings. The fourth-order valence-electron chi connectivity index (χ4n) is 1.42. The van der Waals surface area contributed by atoms with Crippen molar-refractivity contribution in [2.75, 3.05) is 5.32 Å². The number of amides is 1. The largest absolute Gasteiger partial charge is 0.481 e. The number of nitrogens with one attached hydrogen (secondary N) is 1. The highest BCUT2D eigenvalue weighted by Gasteiger charge is 2.11. The fraction of sp³-hybridized carbons (Fsp3) is 0.250. The minimum Gasteiger partial charge on any atom is -0.481 e. The van der Waals surface area contributed by atoms with Crippen molar-refractivity contribution in [1.29, 1.82) is 0 Å². The van der Waals surface area contributed by atoms with Crippen LogP contribution >= 0.6 is 11.3 Å². The van der Waals surface area contributed by atoms with Gasteiger partial charge in [0.2, 0.25) is 5.91 Å². The molecule has 0 aromatic carbocycles. The molecule has 0 aliphatic rings. The first-order valence-electron chi connectivity index (χ1n) is 5.58. The van der Waals surface area contributed by atoms with Crippen LogP contribution in [0.15, 0.2) is 21.9 Å². The molecule has 2 rings (SSSR count). The molecule has 2 heterocycles. The predicted octanol–water partition coefficient (Wildman–Crippen LogP) is 2.51. The Bertz CT molecular complexity index is 602. The molecule has 0 bridgehead atoms. The molecule has 6 nitrogen and oxygen atoms in total. The number of furan rings is 1. The van der Waals surface area contributed by atoms with Crippen LogP contribution in [-0.2, 0) is 9.59 Å². The van der Waals surface area contributed by atoms with Crippen LogP contribution in [0.25, 0.3) is 11.5 Å². The highest BCUT2D eigenvalue weighted by Crippen LogP contribution is 2.26. The third kappa shape index (κ3) is 3.65. The molecule has 7 heteroatoms. The molecular weight excluding hydrogens is 268 g/mol. The van der Waals surface area contributed by atoms with Crippen molar-refractivity contribution in [1.82, 2.24) is 4.98 Å². The Morgan fingerprint density at radius 1 is 1.42 bits per heavy atom. The molecule has 0 saturated carbocycles. The number of thiazole rings is 1. The second-order valence-electron chi connectivity index (χ2n) is 3.89. The van der Waals surface area contributed by atoms with E-state index in [1.165, 1.54) is 11.3 Å². The average Bonchev–Trinajstić information content (AvgIpc) is 2.95. The zero-order valence-corrected chi connectivity index (χ0v) is 11.0. The number of nitrogens with zero attached hydrogens (tertiary/aromatic N) is 1.